The van der Waals surface area contributed by atoms with Gasteiger partial charge in [-0.3, -0.25) is 4.79 Å². The number of hydrogen-bond acceptors (Lipinski definition) is 4. The van der Waals surface area contributed by atoms with Crippen LogP contribution >= 0.6 is 11.3 Å². The van der Waals surface area contributed by atoms with E-state index >= 15 is 0 Å². The number of methoxy groups -OCH3 is 1. The molecule has 3 nitrogen and oxygen atoms in total. The fraction of sp³-hybridized carbons (Fsp3) is 0.308. The summed E-state index contributed by atoms with van der Waals surface area (Å²) in [6, 6.07) is 7.99. The predicted octanol–water partition coefficient (Wildman–Crippen LogP) is 2.55. The smallest absolute Gasteiger partial charge is 0.322 e. The zero-order valence-electron chi connectivity index (χ0n) is 9.90. The fourth-order valence-corrected chi connectivity index (χ4v) is 2.66. The Morgan fingerprint density at radius 1 is 1.47 bits per heavy atom. The van der Waals surface area contributed by atoms with Crippen molar-refractivity contribution >= 4 is 27.4 Å². The van der Waals surface area contributed by atoms with Crippen LogP contribution in [0.2, 0.25) is 0 Å². The molecule has 2 aromatic rings. The molecule has 0 saturated carbocycles. The molecule has 1 aromatic heterocycles. The molecule has 1 heterocycles. The number of benzene rings is 1. The van der Waals surface area contributed by atoms with Gasteiger partial charge in [0.05, 0.1) is 7.11 Å². The monoisotopic (exact) mass is 249 g/mol. The van der Waals surface area contributed by atoms with E-state index in [4.69, 9.17) is 0 Å². The predicted molar refractivity (Wildman–Crippen MR) is 70.1 cm³/mol. The van der Waals surface area contributed by atoms with Crippen molar-refractivity contribution in [1.29, 1.82) is 0 Å². The molecule has 1 atom stereocenters. The van der Waals surface area contributed by atoms with Gasteiger partial charge in [0, 0.05) is 11.2 Å². The summed E-state index contributed by atoms with van der Waals surface area (Å²) in [4.78, 5) is 11.3. The van der Waals surface area contributed by atoms with Gasteiger partial charge in [0.1, 0.15) is 6.04 Å². The largest absolute Gasteiger partial charge is 0.468 e. The SMILES string of the molecule is COC(=O)[C@H](C)NCc1csc2ccccc12. The highest BCUT2D eigenvalue weighted by Crippen LogP contribution is 2.25. The van der Waals surface area contributed by atoms with E-state index in [-0.39, 0.29) is 12.0 Å². The molecule has 0 aliphatic heterocycles. The van der Waals surface area contributed by atoms with Gasteiger partial charge in [0.15, 0.2) is 0 Å². The van der Waals surface area contributed by atoms with Crippen LogP contribution in [0.1, 0.15) is 12.5 Å². The molecule has 4 heteroatoms. The lowest BCUT2D eigenvalue weighted by Gasteiger charge is -2.10. The number of nitrogens with one attached hydrogen (secondary N) is 1. The van der Waals surface area contributed by atoms with E-state index in [0.717, 1.165) is 0 Å². The number of hydrogen-bond donors (Lipinski definition) is 1. The van der Waals surface area contributed by atoms with Gasteiger partial charge >= 0.3 is 5.97 Å². The van der Waals surface area contributed by atoms with Crippen molar-refractivity contribution in [2.24, 2.45) is 0 Å². The van der Waals surface area contributed by atoms with Crippen LogP contribution in [0.4, 0.5) is 0 Å². The van der Waals surface area contributed by atoms with Gasteiger partial charge in [-0.05, 0) is 29.3 Å². The molecule has 17 heavy (non-hydrogen) atoms. The molecule has 0 amide bonds. The first-order chi connectivity index (χ1) is 8.22. The van der Waals surface area contributed by atoms with E-state index in [1.165, 1.54) is 22.8 Å². The molecule has 2 rings (SSSR count). The van der Waals surface area contributed by atoms with Crippen molar-refractivity contribution < 1.29 is 9.53 Å². The number of rotatable bonds is 4. The zero-order valence-corrected chi connectivity index (χ0v) is 10.7. The van der Waals surface area contributed by atoms with Gasteiger partial charge < -0.3 is 10.1 Å². The maximum atomic E-state index is 11.3. The maximum absolute atomic E-state index is 11.3. The molecule has 90 valence electrons. The van der Waals surface area contributed by atoms with Crippen LogP contribution in [0.5, 0.6) is 0 Å². The fourth-order valence-electron chi connectivity index (χ4n) is 1.69. The van der Waals surface area contributed by atoms with Gasteiger partial charge in [-0.2, -0.15) is 0 Å². The van der Waals surface area contributed by atoms with E-state index in [2.05, 4.69) is 27.6 Å². The van der Waals surface area contributed by atoms with E-state index < -0.39 is 0 Å². The first kappa shape index (κ1) is 12.1. The van der Waals surface area contributed by atoms with Gasteiger partial charge in [0.25, 0.3) is 0 Å². The van der Waals surface area contributed by atoms with Gasteiger partial charge in [-0.25, -0.2) is 0 Å². The summed E-state index contributed by atoms with van der Waals surface area (Å²) in [5, 5.41) is 6.54. The van der Waals surface area contributed by atoms with Crippen LogP contribution in [-0.4, -0.2) is 19.1 Å². The Bertz CT molecular complexity index is 521. The van der Waals surface area contributed by atoms with Crippen molar-refractivity contribution in [3.63, 3.8) is 0 Å². The Kier molecular flexibility index (Phi) is 3.76. The highest BCUT2D eigenvalue weighted by atomic mass is 32.1. The first-order valence-electron chi connectivity index (χ1n) is 5.48. The van der Waals surface area contributed by atoms with E-state index in [1.54, 1.807) is 18.3 Å². The second-order valence-corrected chi connectivity index (χ2v) is 4.79. The lowest BCUT2D eigenvalue weighted by atomic mass is 10.2. The topological polar surface area (TPSA) is 38.3 Å². The Hall–Kier alpha value is -1.39. The normalized spacial score (nSPS) is 12.6. The third-order valence-electron chi connectivity index (χ3n) is 2.71. The van der Waals surface area contributed by atoms with Crippen molar-refractivity contribution in [3.8, 4) is 0 Å². The van der Waals surface area contributed by atoms with Crippen molar-refractivity contribution in [2.45, 2.75) is 19.5 Å². The standard InChI is InChI=1S/C13H15NO2S/c1-9(13(15)16-2)14-7-10-8-17-12-6-4-3-5-11(10)12/h3-6,8-9,14H,7H2,1-2H3/t9-/m0/s1. The summed E-state index contributed by atoms with van der Waals surface area (Å²) in [6.07, 6.45) is 0. The Labute approximate surface area is 104 Å². The maximum Gasteiger partial charge on any atom is 0.322 e. The zero-order chi connectivity index (χ0) is 12.3. The summed E-state index contributed by atoms with van der Waals surface area (Å²) in [7, 11) is 1.40. The summed E-state index contributed by atoms with van der Waals surface area (Å²) in [5.74, 6) is -0.232. The molecular weight excluding hydrogens is 234 g/mol. The number of esters is 1. The van der Waals surface area contributed by atoms with E-state index in [9.17, 15) is 4.79 Å². The van der Waals surface area contributed by atoms with Crippen LogP contribution in [0.25, 0.3) is 10.1 Å². The van der Waals surface area contributed by atoms with Gasteiger partial charge in [-0.1, -0.05) is 18.2 Å². The number of thiophene rings is 1. The highest BCUT2D eigenvalue weighted by Gasteiger charge is 2.12. The lowest BCUT2D eigenvalue weighted by molar-refractivity contribution is -0.142. The van der Waals surface area contributed by atoms with Crippen LogP contribution in [-0.2, 0) is 16.1 Å². The summed E-state index contributed by atoms with van der Waals surface area (Å²) < 4.78 is 5.94. The van der Waals surface area contributed by atoms with Crippen LogP contribution in [0, 0.1) is 0 Å². The molecule has 0 spiro atoms. The first-order valence-corrected chi connectivity index (χ1v) is 6.36. The van der Waals surface area contributed by atoms with E-state index in [0.29, 0.717) is 6.54 Å². The molecule has 0 fully saturated rings. The van der Waals surface area contributed by atoms with Gasteiger partial charge in [-0.15, -0.1) is 11.3 Å². The van der Waals surface area contributed by atoms with Crippen LogP contribution in [0.3, 0.4) is 0 Å². The number of fused-ring (bicyclic) bond motifs is 1. The molecule has 1 N–H and O–H groups in total. The molecule has 0 radical (unpaired) electrons. The Morgan fingerprint density at radius 2 is 2.24 bits per heavy atom. The molecule has 0 aliphatic carbocycles. The second kappa shape index (κ2) is 5.29. The van der Waals surface area contributed by atoms with Crippen LogP contribution in [0.15, 0.2) is 29.6 Å². The second-order valence-electron chi connectivity index (χ2n) is 3.88. The van der Waals surface area contributed by atoms with Gasteiger partial charge in [0.2, 0.25) is 0 Å². The minimum atomic E-state index is -0.279. The molecule has 0 saturated heterocycles. The number of ether oxygens (including phenoxy) is 1. The third-order valence-corrected chi connectivity index (χ3v) is 3.73. The summed E-state index contributed by atoms with van der Waals surface area (Å²) in [6.45, 7) is 2.49. The molecule has 1 aromatic carbocycles. The Balaban J connectivity index is 2.07. The molecule has 0 bridgehead atoms. The summed E-state index contributed by atoms with van der Waals surface area (Å²) in [5.41, 5.74) is 1.22. The highest BCUT2D eigenvalue weighted by molar-refractivity contribution is 7.17. The Morgan fingerprint density at radius 3 is 3.00 bits per heavy atom. The quantitative estimate of drug-likeness (QED) is 0.846. The van der Waals surface area contributed by atoms with Crippen LogP contribution < -0.4 is 5.32 Å². The van der Waals surface area contributed by atoms with Crippen molar-refractivity contribution in [1.82, 2.24) is 5.32 Å². The third kappa shape index (κ3) is 2.65. The van der Waals surface area contributed by atoms with Crippen molar-refractivity contribution in [3.05, 3.63) is 35.2 Å². The minimum Gasteiger partial charge on any atom is -0.468 e. The van der Waals surface area contributed by atoms with Crippen molar-refractivity contribution in [2.75, 3.05) is 7.11 Å². The number of carbonyl (C=O) groups excluding carboxylic acids is 1. The molecular formula is C13H15NO2S. The average molecular weight is 249 g/mol. The number of carbonyl (C=O) groups is 1. The molecule has 0 aliphatic rings. The molecule has 0 unspecified atom stereocenters. The minimum absolute atomic E-state index is 0.232. The average Bonchev–Trinajstić information content (AvgIpc) is 2.78. The lowest BCUT2D eigenvalue weighted by Crippen LogP contribution is -2.34. The summed E-state index contributed by atoms with van der Waals surface area (Å²) >= 11 is 1.72. The van der Waals surface area contributed by atoms with E-state index in [1.807, 2.05) is 12.1 Å².